The minimum Gasteiger partial charge on any atom is -0.480 e. The first-order chi connectivity index (χ1) is 8.50. The Hall–Kier alpha value is -2.04. The number of hydrogen-bond donors (Lipinski definition) is 2. The van der Waals surface area contributed by atoms with Crippen LogP contribution in [-0.2, 0) is 11.2 Å². The third-order valence-corrected chi connectivity index (χ3v) is 2.64. The van der Waals surface area contributed by atoms with E-state index in [1.54, 1.807) is 7.05 Å². The molecule has 5 heteroatoms. The molecule has 0 aliphatic rings. The number of amides is 2. The lowest BCUT2D eigenvalue weighted by Gasteiger charge is -2.19. The molecule has 0 saturated carbocycles. The Morgan fingerprint density at radius 2 is 1.94 bits per heavy atom. The zero-order valence-corrected chi connectivity index (χ0v) is 10.6. The van der Waals surface area contributed by atoms with E-state index < -0.39 is 12.0 Å². The maximum Gasteiger partial charge on any atom is 0.325 e. The Labute approximate surface area is 106 Å². The minimum atomic E-state index is -1.04. The average Bonchev–Trinajstić information content (AvgIpc) is 2.36. The molecule has 1 rings (SSSR count). The molecule has 1 aromatic carbocycles. The molecule has 0 aliphatic heterocycles. The molecule has 0 aromatic heterocycles. The van der Waals surface area contributed by atoms with Gasteiger partial charge in [-0.2, -0.15) is 0 Å². The number of nitrogens with one attached hydrogen (secondary N) is 1. The maximum atomic E-state index is 11.6. The molecule has 0 radical (unpaired) electrons. The van der Waals surface area contributed by atoms with Gasteiger partial charge in [-0.3, -0.25) is 4.79 Å². The van der Waals surface area contributed by atoms with Crippen molar-refractivity contribution in [3.63, 3.8) is 0 Å². The molecule has 0 saturated heterocycles. The number of carboxylic acids is 1. The fourth-order valence-electron chi connectivity index (χ4n) is 1.40. The van der Waals surface area contributed by atoms with Crippen LogP contribution in [-0.4, -0.2) is 41.6 Å². The van der Waals surface area contributed by atoms with E-state index in [-0.39, 0.29) is 6.03 Å². The topological polar surface area (TPSA) is 69.6 Å². The van der Waals surface area contributed by atoms with E-state index in [9.17, 15) is 9.59 Å². The Morgan fingerprint density at radius 1 is 1.33 bits per heavy atom. The summed E-state index contributed by atoms with van der Waals surface area (Å²) in [4.78, 5) is 23.7. The van der Waals surface area contributed by atoms with Crippen LogP contribution in [0.2, 0.25) is 0 Å². The summed E-state index contributed by atoms with van der Waals surface area (Å²) in [6.45, 7) is 1.98. The normalized spacial score (nSPS) is 11.7. The summed E-state index contributed by atoms with van der Waals surface area (Å²) in [6, 6.07) is 8.56. The van der Waals surface area contributed by atoms with Crippen molar-refractivity contribution in [1.29, 1.82) is 0 Å². The number of carbonyl (C=O) groups excluding carboxylic acids is 1. The Balaban J connectivity index is 2.39. The summed E-state index contributed by atoms with van der Waals surface area (Å²) in [5.41, 5.74) is 1.14. The number of aliphatic carboxylic acids is 1. The van der Waals surface area contributed by atoms with Gasteiger partial charge in [-0.1, -0.05) is 30.3 Å². The van der Waals surface area contributed by atoms with Crippen molar-refractivity contribution in [3.8, 4) is 0 Å². The fourth-order valence-corrected chi connectivity index (χ4v) is 1.40. The van der Waals surface area contributed by atoms with E-state index in [0.717, 1.165) is 12.0 Å². The molecule has 0 spiro atoms. The standard InChI is InChI=1S/C13H18N2O3/c1-10(12(16)17)14-13(18)15(2)9-8-11-6-4-3-5-7-11/h3-7,10H,8-9H2,1-2H3,(H,14,18)(H,16,17)/t10-/m1/s1. The van der Waals surface area contributed by atoms with Gasteiger partial charge in [0, 0.05) is 13.6 Å². The van der Waals surface area contributed by atoms with Gasteiger partial charge in [0.15, 0.2) is 0 Å². The van der Waals surface area contributed by atoms with Crippen LogP contribution in [0.25, 0.3) is 0 Å². The maximum absolute atomic E-state index is 11.6. The predicted octanol–water partition coefficient (Wildman–Crippen LogP) is 1.34. The zero-order valence-electron chi connectivity index (χ0n) is 10.6. The van der Waals surface area contributed by atoms with Crippen LogP contribution >= 0.6 is 0 Å². The molecule has 0 aliphatic carbocycles. The molecule has 18 heavy (non-hydrogen) atoms. The van der Waals surface area contributed by atoms with Gasteiger partial charge in [0.25, 0.3) is 0 Å². The third kappa shape index (κ3) is 4.45. The second kappa shape index (κ2) is 6.64. The highest BCUT2D eigenvalue weighted by atomic mass is 16.4. The zero-order chi connectivity index (χ0) is 13.5. The first-order valence-corrected chi connectivity index (χ1v) is 5.79. The molecule has 1 aromatic rings. The number of urea groups is 1. The molecule has 98 valence electrons. The highest BCUT2D eigenvalue weighted by Gasteiger charge is 2.16. The molecule has 2 N–H and O–H groups in total. The lowest BCUT2D eigenvalue weighted by Crippen LogP contribution is -2.45. The minimum absolute atomic E-state index is 0.374. The van der Waals surface area contributed by atoms with Crippen LogP contribution < -0.4 is 5.32 Å². The highest BCUT2D eigenvalue weighted by Crippen LogP contribution is 2.00. The lowest BCUT2D eigenvalue weighted by atomic mass is 10.1. The average molecular weight is 250 g/mol. The predicted molar refractivity (Wildman–Crippen MR) is 68.4 cm³/mol. The smallest absolute Gasteiger partial charge is 0.325 e. The van der Waals surface area contributed by atoms with Gasteiger partial charge in [-0.15, -0.1) is 0 Å². The van der Waals surface area contributed by atoms with Crippen LogP contribution in [0.1, 0.15) is 12.5 Å². The van der Waals surface area contributed by atoms with Crippen molar-refractivity contribution in [2.45, 2.75) is 19.4 Å². The van der Waals surface area contributed by atoms with Crippen molar-refractivity contribution < 1.29 is 14.7 Å². The van der Waals surface area contributed by atoms with Crippen LogP contribution in [0.15, 0.2) is 30.3 Å². The van der Waals surface area contributed by atoms with Gasteiger partial charge < -0.3 is 15.3 Å². The van der Waals surface area contributed by atoms with Crippen LogP contribution in [0.5, 0.6) is 0 Å². The molecule has 1 atom stereocenters. The van der Waals surface area contributed by atoms with Gasteiger partial charge >= 0.3 is 12.0 Å². The van der Waals surface area contributed by atoms with E-state index in [1.807, 2.05) is 30.3 Å². The molecule has 0 bridgehead atoms. The highest BCUT2D eigenvalue weighted by molar-refractivity contribution is 5.82. The summed E-state index contributed by atoms with van der Waals surface area (Å²) >= 11 is 0. The van der Waals surface area contributed by atoms with Crippen molar-refractivity contribution in [1.82, 2.24) is 10.2 Å². The summed E-state index contributed by atoms with van der Waals surface area (Å²) in [5, 5.41) is 11.1. The van der Waals surface area contributed by atoms with Crippen LogP contribution in [0.4, 0.5) is 4.79 Å². The molecular formula is C13H18N2O3. The lowest BCUT2D eigenvalue weighted by molar-refractivity contribution is -0.138. The largest absolute Gasteiger partial charge is 0.480 e. The van der Waals surface area contributed by atoms with Crippen LogP contribution in [0, 0.1) is 0 Å². The Kier molecular flexibility index (Phi) is 5.17. The summed E-state index contributed by atoms with van der Waals surface area (Å²) < 4.78 is 0. The van der Waals surface area contributed by atoms with Crippen LogP contribution in [0.3, 0.4) is 0 Å². The number of hydrogen-bond acceptors (Lipinski definition) is 2. The quantitative estimate of drug-likeness (QED) is 0.828. The van der Waals surface area contributed by atoms with Gasteiger partial charge in [0.05, 0.1) is 0 Å². The van der Waals surface area contributed by atoms with E-state index in [4.69, 9.17) is 5.11 Å². The first kappa shape index (κ1) is 14.0. The van der Waals surface area contributed by atoms with Crippen molar-refractivity contribution >= 4 is 12.0 Å². The summed E-state index contributed by atoms with van der Waals surface area (Å²) in [5.74, 6) is -1.04. The molecule has 0 heterocycles. The van der Waals surface area contributed by atoms with Gasteiger partial charge in [-0.25, -0.2) is 4.79 Å². The van der Waals surface area contributed by atoms with Gasteiger partial charge in [0.2, 0.25) is 0 Å². The molecule has 2 amide bonds. The monoisotopic (exact) mass is 250 g/mol. The number of carbonyl (C=O) groups is 2. The second-order valence-corrected chi connectivity index (χ2v) is 4.17. The Morgan fingerprint density at radius 3 is 2.50 bits per heavy atom. The van der Waals surface area contributed by atoms with Crippen molar-refractivity contribution in [3.05, 3.63) is 35.9 Å². The number of benzene rings is 1. The van der Waals surface area contributed by atoms with E-state index in [2.05, 4.69) is 5.32 Å². The van der Waals surface area contributed by atoms with E-state index >= 15 is 0 Å². The van der Waals surface area contributed by atoms with Gasteiger partial charge in [-0.05, 0) is 18.9 Å². The first-order valence-electron chi connectivity index (χ1n) is 5.79. The van der Waals surface area contributed by atoms with Crippen molar-refractivity contribution in [2.75, 3.05) is 13.6 Å². The number of rotatable bonds is 5. The molecule has 0 fully saturated rings. The SMILES string of the molecule is C[C@@H](NC(=O)N(C)CCc1ccccc1)C(=O)O. The fraction of sp³-hybridized carbons (Fsp3) is 0.385. The summed E-state index contributed by atoms with van der Waals surface area (Å²) in [6.07, 6.45) is 0.742. The second-order valence-electron chi connectivity index (χ2n) is 4.17. The Bertz CT molecular complexity index is 406. The van der Waals surface area contributed by atoms with E-state index in [1.165, 1.54) is 11.8 Å². The third-order valence-electron chi connectivity index (χ3n) is 2.64. The van der Waals surface area contributed by atoms with Gasteiger partial charge in [0.1, 0.15) is 6.04 Å². The molecule has 0 unspecified atom stereocenters. The number of nitrogens with zero attached hydrogens (tertiary/aromatic N) is 1. The molecule has 5 nitrogen and oxygen atoms in total. The number of likely N-dealkylation sites (N-methyl/N-ethyl adjacent to an activating group) is 1. The molecular weight excluding hydrogens is 232 g/mol. The number of carboxylic acid groups (broad SMARTS) is 1. The van der Waals surface area contributed by atoms with E-state index in [0.29, 0.717) is 6.54 Å². The summed E-state index contributed by atoms with van der Waals surface area (Å²) in [7, 11) is 1.65. The van der Waals surface area contributed by atoms with Crippen molar-refractivity contribution in [2.24, 2.45) is 0 Å².